The summed E-state index contributed by atoms with van der Waals surface area (Å²) in [5, 5.41) is 18.8. The molecule has 0 spiro atoms. The molecule has 2 unspecified atom stereocenters. The highest BCUT2D eigenvalue weighted by atomic mass is 16.3. The molecule has 0 amide bonds. The Morgan fingerprint density at radius 2 is 2.27 bits per heavy atom. The smallest absolute Gasteiger partial charge is 0.180 e. The summed E-state index contributed by atoms with van der Waals surface area (Å²) in [6.45, 7) is 1.69. The van der Waals surface area contributed by atoms with Crippen molar-refractivity contribution in [2.75, 3.05) is 13.6 Å². The van der Waals surface area contributed by atoms with Crippen LogP contribution in [-0.4, -0.2) is 46.3 Å². The molecule has 0 aliphatic carbocycles. The lowest BCUT2D eigenvalue weighted by atomic mass is 10.1. The number of likely N-dealkylation sites (N-methyl/N-ethyl adjacent to an activating group) is 1. The predicted molar refractivity (Wildman–Crippen MR) is 38.9 cm³/mol. The summed E-state index contributed by atoms with van der Waals surface area (Å²) in [7, 11) is 1.62. The Morgan fingerprint density at radius 3 is 2.45 bits per heavy atom. The Hall–Kier alpha value is -0.450. The highest BCUT2D eigenvalue weighted by Gasteiger charge is 2.45. The zero-order valence-electron chi connectivity index (χ0n) is 6.74. The minimum absolute atomic E-state index is 0.124. The number of carbonyl (C=O) groups excluding carboxylic acids is 1. The third-order valence-electron chi connectivity index (χ3n) is 2.20. The van der Waals surface area contributed by atoms with Gasteiger partial charge in [-0.2, -0.15) is 0 Å². The van der Waals surface area contributed by atoms with Crippen LogP contribution in [0.25, 0.3) is 0 Å². The van der Waals surface area contributed by atoms with E-state index in [0.29, 0.717) is 6.54 Å². The summed E-state index contributed by atoms with van der Waals surface area (Å²) in [5.41, 5.74) is -1.43. The number of Topliss-reactive ketones (excluding diaryl/α,β-unsaturated/α-hetero) is 1. The van der Waals surface area contributed by atoms with Gasteiger partial charge in [-0.25, -0.2) is 0 Å². The number of β-amino-alcohol motifs (C(OH)–C–C–N with tert-alkyl or cyclic N) is 1. The van der Waals surface area contributed by atoms with E-state index in [1.807, 2.05) is 0 Å². The lowest BCUT2D eigenvalue weighted by Gasteiger charge is -2.26. The van der Waals surface area contributed by atoms with Gasteiger partial charge in [-0.15, -0.1) is 0 Å². The first-order valence-electron chi connectivity index (χ1n) is 3.59. The second-order valence-electron chi connectivity index (χ2n) is 3.11. The third-order valence-corrected chi connectivity index (χ3v) is 2.20. The molecule has 1 heterocycles. The van der Waals surface area contributed by atoms with Gasteiger partial charge in [0.15, 0.2) is 11.5 Å². The molecule has 0 aromatic heterocycles. The van der Waals surface area contributed by atoms with Crippen LogP contribution in [0.5, 0.6) is 0 Å². The highest BCUT2D eigenvalue weighted by molar-refractivity contribution is 5.84. The van der Waals surface area contributed by atoms with Crippen molar-refractivity contribution >= 4 is 5.78 Å². The first kappa shape index (κ1) is 8.64. The molecule has 2 atom stereocenters. The lowest BCUT2D eigenvalue weighted by Crippen LogP contribution is -2.47. The molecular formula is C7H13NO3. The Bertz CT molecular complexity index is 183. The molecule has 2 N–H and O–H groups in total. The number of rotatable bonds is 1. The fourth-order valence-electron chi connectivity index (χ4n) is 1.43. The lowest BCUT2D eigenvalue weighted by molar-refractivity contribution is -0.150. The molecule has 1 saturated heterocycles. The summed E-state index contributed by atoms with van der Waals surface area (Å²) in [6, 6.07) is 0. The summed E-state index contributed by atoms with van der Waals surface area (Å²) >= 11 is 0. The van der Waals surface area contributed by atoms with Crippen molar-refractivity contribution in [1.82, 2.24) is 4.90 Å². The van der Waals surface area contributed by atoms with Gasteiger partial charge in [-0.3, -0.25) is 9.69 Å². The fraction of sp³-hybridized carbons (Fsp3) is 0.857. The molecule has 0 bridgehead atoms. The Balaban J connectivity index is 2.79. The summed E-state index contributed by atoms with van der Waals surface area (Å²) < 4.78 is 0. The van der Waals surface area contributed by atoms with Gasteiger partial charge in [0.05, 0.1) is 6.10 Å². The van der Waals surface area contributed by atoms with E-state index >= 15 is 0 Å². The van der Waals surface area contributed by atoms with E-state index in [-0.39, 0.29) is 12.2 Å². The fourth-order valence-corrected chi connectivity index (χ4v) is 1.43. The topological polar surface area (TPSA) is 60.8 Å². The SMILES string of the molecule is CC(=O)C1(O)CC(O)CN1C. The largest absolute Gasteiger partial charge is 0.392 e. The molecule has 0 aromatic rings. The van der Waals surface area contributed by atoms with Gasteiger partial charge in [-0.05, 0) is 14.0 Å². The van der Waals surface area contributed by atoms with Crippen molar-refractivity contribution in [1.29, 1.82) is 0 Å². The van der Waals surface area contributed by atoms with Gasteiger partial charge >= 0.3 is 0 Å². The van der Waals surface area contributed by atoms with E-state index in [9.17, 15) is 9.90 Å². The van der Waals surface area contributed by atoms with Gasteiger partial charge in [-0.1, -0.05) is 0 Å². The van der Waals surface area contributed by atoms with E-state index in [2.05, 4.69) is 0 Å². The molecule has 1 aliphatic rings. The number of ketones is 1. The molecule has 64 valence electrons. The monoisotopic (exact) mass is 159 g/mol. The molecule has 1 fully saturated rings. The van der Waals surface area contributed by atoms with E-state index in [4.69, 9.17) is 5.11 Å². The molecule has 4 nitrogen and oxygen atoms in total. The van der Waals surface area contributed by atoms with Crippen molar-refractivity contribution in [3.63, 3.8) is 0 Å². The molecule has 0 radical (unpaired) electrons. The minimum atomic E-state index is -1.43. The molecule has 1 rings (SSSR count). The van der Waals surface area contributed by atoms with E-state index < -0.39 is 11.8 Å². The zero-order chi connectivity index (χ0) is 8.65. The Kier molecular flexibility index (Phi) is 2.00. The van der Waals surface area contributed by atoms with Gasteiger partial charge in [0.1, 0.15) is 0 Å². The number of hydrogen-bond donors (Lipinski definition) is 2. The highest BCUT2D eigenvalue weighted by Crippen LogP contribution is 2.25. The van der Waals surface area contributed by atoms with E-state index in [0.717, 1.165) is 0 Å². The standard InChI is InChI=1S/C7H13NO3/c1-5(9)7(11)3-6(10)4-8(7)2/h6,10-11H,3-4H2,1-2H3. The third kappa shape index (κ3) is 1.29. The maximum absolute atomic E-state index is 10.9. The maximum Gasteiger partial charge on any atom is 0.180 e. The summed E-state index contributed by atoms with van der Waals surface area (Å²) in [5.74, 6) is -0.309. The van der Waals surface area contributed by atoms with Crippen LogP contribution in [0, 0.1) is 0 Å². The first-order chi connectivity index (χ1) is 4.97. The number of aliphatic hydroxyl groups is 2. The number of aliphatic hydroxyl groups excluding tert-OH is 1. The second kappa shape index (κ2) is 2.55. The quantitative estimate of drug-likeness (QED) is 0.513. The summed E-state index contributed by atoms with van der Waals surface area (Å²) in [4.78, 5) is 12.4. The number of nitrogens with zero attached hydrogens (tertiary/aromatic N) is 1. The molecule has 0 saturated carbocycles. The Morgan fingerprint density at radius 1 is 1.73 bits per heavy atom. The maximum atomic E-state index is 10.9. The predicted octanol–water partition coefficient (Wildman–Crippen LogP) is -1.04. The number of carbonyl (C=O) groups is 1. The molecule has 1 aliphatic heterocycles. The van der Waals surface area contributed by atoms with Gasteiger partial charge < -0.3 is 10.2 Å². The average Bonchev–Trinajstić information content (AvgIpc) is 2.08. The number of hydrogen-bond acceptors (Lipinski definition) is 4. The van der Waals surface area contributed by atoms with Crippen LogP contribution < -0.4 is 0 Å². The molecule has 11 heavy (non-hydrogen) atoms. The van der Waals surface area contributed by atoms with E-state index in [1.54, 1.807) is 7.05 Å². The molecular weight excluding hydrogens is 146 g/mol. The molecule has 4 heteroatoms. The summed E-state index contributed by atoms with van der Waals surface area (Å²) in [6.07, 6.45) is -0.465. The van der Waals surface area contributed by atoms with Crippen LogP contribution in [0.2, 0.25) is 0 Å². The Labute approximate surface area is 65.4 Å². The van der Waals surface area contributed by atoms with Crippen LogP contribution in [0.3, 0.4) is 0 Å². The van der Waals surface area contributed by atoms with Crippen LogP contribution in [0.4, 0.5) is 0 Å². The zero-order valence-corrected chi connectivity index (χ0v) is 6.74. The van der Waals surface area contributed by atoms with Crippen molar-refractivity contribution in [3.8, 4) is 0 Å². The minimum Gasteiger partial charge on any atom is -0.392 e. The average molecular weight is 159 g/mol. The van der Waals surface area contributed by atoms with Gasteiger partial charge in [0.25, 0.3) is 0 Å². The van der Waals surface area contributed by atoms with Gasteiger partial charge in [0.2, 0.25) is 0 Å². The van der Waals surface area contributed by atoms with Crippen LogP contribution in [0.15, 0.2) is 0 Å². The van der Waals surface area contributed by atoms with Gasteiger partial charge in [0, 0.05) is 13.0 Å². The van der Waals surface area contributed by atoms with Crippen molar-refractivity contribution in [3.05, 3.63) is 0 Å². The normalized spacial score (nSPS) is 39.5. The van der Waals surface area contributed by atoms with Crippen LogP contribution in [-0.2, 0) is 4.79 Å². The van der Waals surface area contributed by atoms with Crippen molar-refractivity contribution in [2.24, 2.45) is 0 Å². The molecule has 0 aromatic carbocycles. The van der Waals surface area contributed by atoms with E-state index in [1.165, 1.54) is 11.8 Å². The van der Waals surface area contributed by atoms with Crippen LogP contribution in [0.1, 0.15) is 13.3 Å². The van der Waals surface area contributed by atoms with Crippen molar-refractivity contribution < 1.29 is 15.0 Å². The second-order valence-corrected chi connectivity index (χ2v) is 3.11. The first-order valence-corrected chi connectivity index (χ1v) is 3.59. The van der Waals surface area contributed by atoms with Crippen molar-refractivity contribution in [2.45, 2.75) is 25.2 Å². The number of likely N-dealkylation sites (tertiary alicyclic amines) is 1. The van der Waals surface area contributed by atoms with Crippen LogP contribution >= 0.6 is 0 Å².